The minimum absolute atomic E-state index is 0.0112. The number of pyridine rings is 1. The zero-order chi connectivity index (χ0) is 28.9. The number of hydrogen-bond acceptors (Lipinski definition) is 5. The van der Waals surface area contributed by atoms with Crippen LogP contribution in [0, 0.1) is 5.92 Å². The molecular weight excluding hydrogens is 520 g/mol. The molecule has 3 aliphatic heterocycles. The highest BCUT2D eigenvalue weighted by molar-refractivity contribution is 5.98. The molecule has 1 aliphatic carbocycles. The topological polar surface area (TPSA) is 65.5 Å². The third kappa shape index (κ3) is 6.34. The molecule has 6 heteroatoms. The predicted molar refractivity (Wildman–Crippen MR) is 166 cm³/mol. The van der Waals surface area contributed by atoms with Gasteiger partial charge in [-0.3, -0.25) is 19.5 Å². The number of carbonyl (C=O) groups is 2. The molecule has 2 unspecified atom stereocenters. The van der Waals surface area contributed by atoms with Gasteiger partial charge in [-0.05, 0) is 73.3 Å². The molecule has 1 N–H and O–H groups in total. The third-order valence-electron chi connectivity index (χ3n) is 9.44. The molecule has 0 radical (unpaired) electrons. The van der Waals surface area contributed by atoms with Crippen LogP contribution in [0.2, 0.25) is 0 Å². The van der Waals surface area contributed by atoms with Crippen molar-refractivity contribution in [2.24, 2.45) is 5.92 Å². The van der Waals surface area contributed by atoms with Gasteiger partial charge in [-0.2, -0.15) is 0 Å². The highest BCUT2D eigenvalue weighted by Crippen LogP contribution is 2.40. The standard InChI is InChI=1S/C36H42N4O2/c1-2-28-12-8-13-29-23-34(28)39(25-32(29)36(42)38-24-26-10-4-3-5-11-26)18-9-19-40-30-15-16-31(40)21-27(20-30)22-35(41)33-14-6-7-17-37-33/h3-8,10-14,17,25,27,30-31H,2,9,15-16,18-24H2,1H3,(H,38,42). The van der Waals surface area contributed by atoms with Crippen molar-refractivity contribution in [2.45, 2.75) is 76.9 Å². The van der Waals surface area contributed by atoms with Gasteiger partial charge >= 0.3 is 0 Å². The Morgan fingerprint density at radius 1 is 1.00 bits per heavy atom. The summed E-state index contributed by atoms with van der Waals surface area (Å²) in [6.45, 7) is 4.69. The summed E-state index contributed by atoms with van der Waals surface area (Å²) in [5, 5.41) is 3.14. The second-order valence-electron chi connectivity index (χ2n) is 12.1. The van der Waals surface area contributed by atoms with E-state index in [9.17, 15) is 9.59 Å². The lowest BCUT2D eigenvalue weighted by molar-refractivity contribution is -0.117. The molecule has 6 rings (SSSR count). The summed E-state index contributed by atoms with van der Waals surface area (Å²) < 4.78 is 0. The van der Waals surface area contributed by atoms with E-state index in [1.54, 1.807) is 6.20 Å². The van der Waals surface area contributed by atoms with Crippen molar-refractivity contribution in [1.82, 2.24) is 20.1 Å². The van der Waals surface area contributed by atoms with Gasteiger partial charge in [0.2, 0.25) is 0 Å². The maximum atomic E-state index is 13.4. The van der Waals surface area contributed by atoms with Gasteiger partial charge in [0, 0.05) is 62.7 Å². The van der Waals surface area contributed by atoms with Gasteiger partial charge in [0.05, 0.1) is 5.57 Å². The number of nitrogens with zero attached hydrogens (tertiary/aromatic N) is 3. The average Bonchev–Trinajstić information content (AvgIpc) is 3.17. The number of allylic oxidation sites excluding steroid dienone is 5. The number of amides is 1. The fourth-order valence-electron chi connectivity index (χ4n) is 7.35. The third-order valence-corrected chi connectivity index (χ3v) is 9.44. The van der Waals surface area contributed by atoms with E-state index in [-0.39, 0.29) is 11.7 Å². The minimum Gasteiger partial charge on any atom is -0.350 e. The normalized spacial score (nSPS) is 23.4. The summed E-state index contributed by atoms with van der Waals surface area (Å²) >= 11 is 0. The van der Waals surface area contributed by atoms with Gasteiger partial charge in [-0.1, -0.05) is 61.5 Å². The monoisotopic (exact) mass is 562 g/mol. The fourth-order valence-corrected chi connectivity index (χ4v) is 7.35. The van der Waals surface area contributed by atoms with Crippen molar-refractivity contribution in [3.05, 3.63) is 113 Å². The van der Waals surface area contributed by atoms with Crippen LogP contribution < -0.4 is 5.32 Å². The number of hydrogen-bond donors (Lipinski definition) is 1. The highest BCUT2D eigenvalue weighted by Gasteiger charge is 2.41. The van der Waals surface area contributed by atoms with Crippen LogP contribution >= 0.6 is 0 Å². The molecular formula is C36H42N4O2. The predicted octanol–water partition coefficient (Wildman–Crippen LogP) is 6.35. The largest absolute Gasteiger partial charge is 0.350 e. The fraction of sp³-hybridized carbons (Fsp3) is 0.417. The summed E-state index contributed by atoms with van der Waals surface area (Å²) in [6.07, 6.45) is 18.3. The summed E-state index contributed by atoms with van der Waals surface area (Å²) in [5.74, 6) is 0.623. The maximum absolute atomic E-state index is 13.4. The molecule has 1 aromatic carbocycles. The first kappa shape index (κ1) is 28.4. The molecule has 4 bridgehead atoms. The molecule has 42 heavy (non-hydrogen) atoms. The number of fused-ring (bicyclic) bond motifs is 4. The Balaban J connectivity index is 1.08. The molecule has 1 aromatic heterocycles. The van der Waals surface area contributed by atoms with Crippen molar-refractivity contribution in [3.63, 3.8) is 0 Å². The quantitative estimate of drug-likeness (QED) is 0.323. The number of ketones is 1. The molecule has 2 saturated heterocycles. The van der Waals surface area contributed by atoms with Gasteiger partial charge in [0.15, 0.2) is 5.78 Å². The van der Waals surface area contributed by atoms with Crippen molar-refractivity contribution in [2.75, 3.05) is 13.1 Å². The van der Waals surface area contributed by atoms with Crippen LogP contribution in [0.1, 0.15) is 74.3 Å². The van der Waals surface area contributed by atoms with Gasteiger partial charge < -0.3 is 10.2 Å². The smallest absolute Gasteiger partial charge is 0.253 e. The molecule has 2 fully saturated rings. The molecule has 1 amide bonds. The number of piperidine rings is 1. The second kappa shape index (κ2) is 13.0. The molecule has 2 aromatic rings. The van der Waals surface area contributed by atoms with Crippen molar-refractivity contribution >= 4 is 11.7 Å². The van der Waals surface area contributed by atoms with Gasteiger partial charge in [-0.15, -0.1) is 0 Å². The van der Waals surface area contributed by atoms with Gasteiger partial charge in [0.1, 0.15) is 5.69 Å². The number of aromatic nitrogens is 1. The van der Waals surface area contributed by atoms with Crippen LogP contribution in [0.25, 0.3) is 0 Å². The molecule has 0 spiro atoms. The number of carbonyl (C=O) groups excluding carboxylic acids is 2. The SMILES string of the molecule is CCC1=C2CC(=CC=C1)C(C(=O)NCc1ccccc1)=CN2CCCN1C2CCC1CC(CC(=O)c1ccccn1)C2. The Labute approximate surface area is 249 Å². The Bertz CT molecular complexity index is 1390. The molecule has 6 nitrogen and oxygen atoms in total. The van der Waals surface area contributed by atoms with E-state index in [0.717, 1.165) is 61.9 Å². The lowest BCUT2D eigenvalue weighted by Crippen LogP contribution is -2.44. The molecule has 4 heterocycles. The van der Waals surface area contributed by atoms with Gasteiger partial charge in [0.25, 0.3) is 5.91 Å². The summed E-state index contributed by atoms with van der Waals surface area (Å²) in [7, 11) is 0. The van der Waals surface area contributed by atoms with Crippen LogP contribution in [0.5, 0.6) is 0 Å². The Morgan fingerprint density at radius 2 is 1.79 bits per heavy atom. The van der Waals surface area contributed by atoms with E-state index in [1.165, 1.54) is 24.1 Å². The van der Waals surface area contributed by atoms with E-state index in [2.05, 4.69) is 51.5 Å². The van der Waals surface area contributed by atoms with E-state index in [0.29, 0.717) is 36.7 Å². The minimum atomic E-state index is -0.0112. The summed E-state index contributed by atoms with van der Waals surface area (Å²) in [5.41, 5.74) is 6.23. The molecule has 218 valence electrons. The molecule has 0 saturated carbocycles. The van der Waals surface area contributed by atoms with Crippen molar-refractivity contribution in [1.29, 1.82) is 0 Å². The first-order valence-corrected chi connectivity index (χ1v) is 15.7. The number of nitrogens with one attached hydrogen (secondary N) is 1. The van der Waals surface area contributed by atoms with Crippen LogP contribution in [-0.2, 0) is 11.3 Å². The van der Waals surface area contributed by atoms with E-state index >= 15 is 0 Å². The number of rotatable bonds is 11. The summed E-state index contributed by atoms with van der Waals surface area (Å²) in [6, 6.07) is 16.8. The average molecular weight is 563 g/mol. The Hall–Kier alpha value is -3.77. The van der Waals surface area contributed by atoms with Crippen LogP contribution in [0.3, 0.4) is 0 Å². The Morgan fingerprint density at radius 3 is 2.52 bits per heavy atom. The summed E-state index contributed by atoms with van der Waals surface area (Å²) in [4.78, 5) is 35.5. The van der Waals surface area contributed by atoms with E-state index in [1.807, 2.05) is 48.5 Å². The highest BCUT2D eigenvalue weighted by atomic mass is 16.1. The zero-order valence-electron chi connectivity index (χ0n) is 24.7. The second-order valence-corrected chi connectivity index (χ2v) is 12.1. The van der Waals surface area contributed by atoms with Gasteiger partial charge in [-0.25, -0.2) is 0 Å². The lowest BCUT2D eigenvalue weighted by Gasteiger charge is -2.39. The first-order valence-electron chi connectivity index (χ1n) is 15.7. The van der Waals surface area contributed by atoms with Crippen LogP contribution in [0.15, 0.2) is 102 Å². The van der Waals surface area contributed by atoms with Crippen LogP contribution in [-0.4, -0.2) is 51.6 Å². The van der Waals surface area contributed by atoms with Crippen molar-refractivity contribution in [3.8, 4) is 0 Å². The first-order chi connectivity index (χ1) is 20.6. The zero-order valence-corrected chi connectivity index (χ0v) is 24.7. The Kier molecular flexibility index (Phi) is 8.80. The number of benzene rings is 1. The maximum Gasteiger partial charge on any atom is 0.253 e. The van der Waals surface area contributed by atoms with Crippen LogP contribution in [0.4, 0.5) is 0 Å². The number of Topliss-reactive ketones (excluding diaryl/α,β-unsaturated/α-hetero) is 1. The molecule has 4 aliphatic rings. The lowest BCUT2D eigenvalue weighted by atomic mass is 9.86. The van der Waals surface area contributed by atoms with E-state index in [4.69, 9.17) is 0 Å². The van der Waals surface area contributed by atoms with Crippen molar-refractivity contribution < 1.29 is 9.59 Å². The molecule has 2 atom stereocenters. The van der Waals surface area contributed by atoms with E-state index < -0.39 is 0 Å².